The molecule has 0 unspecified atom stereocenters. The number of hydrogen-bond donors (Lipinski definition) is 1. The maximum Gasteiger partial charge on any atom is 0.137 e. The highest BCUT2D eigenvalue weighted by Gasteiger charge is 2.10. The molecular formula is C17H18BrN3. The van der Waals surface area contributed by atoms with Gasteiger partial charge in [0.25, 0.3) is 0 Å². The van der Waals surface area contributed by atoms with Crippen molar-refractivity contribution in [3.63, 3.8) is 0 Å². The average Bonchev–Trinajstić information content (AvgIpc) is 2.80. The van der Waals surface area contributed by atoms with Gasteiger partial charge >= 0.3 is 0 Å². The maximum atomic E-state index is 4.59. The van der Waals surface area contributed by atoms with Gasteiger partial charge < -0.3 is 9.72 Å². The van der Waals surface area contributed by atoms with Crippen LogP contribution < -0.4 is 5.32 Å². The molecule has 0 saturated heterocycles. The van der Waals surface area contributed by atoms with Crippen LogP contribution in [0.3, 0.4) is 0 Å². The maximum absolute atomic E-state index is 4.59. The zero-order chi connectivity index (χ0) is 14.8. The smallest absolute Gasteiger partial charge is 0.137 e. The lowest BCUT2D eigenvalue weighted by Crippen LogP contribution is -2.19. The van der Waals surface area contributed by atoms with Gasteiger partial charge in [0, 0.05) is 23.3 Å². The predicted molar refractivity (Wildman–Crippen MR) is 89.3 cm³/mol. The van der Waals surface area contributed by atoms with E-state index in [4.69, 9.17) is 0 Å². The molecule has 0 aliphatic carbocycles. The molecule has 0 fully saturated rings. The molecule has 1 N–H and O–H groups in total. The Morgan fingerprint density at radius 3 is 2.90 bits per heavy atom. The number of hydrogen-bond acceptors (Lipinski definition) is 2. The van der Waals surface area contributed by atoms with Gasteiger partial charge in [-0.05, 0) is 43.7 Å². The Kier molecular flexibility index (Phi) is 4.08. The Morgan fingerprint density at radius 1 is 1.24 bits per heavy atom. The third-order valence-electron chi connectivity index (χ3n) is 3.75. The van der Waals surface area contributed by atoms with Crippen molar-refractivity contribution in [2.45, 2.75) is 26.4 Å². The molecule has 1 atom stereocenters. The number of aryl methyl sites for hydroxylation is 1. The van der Waals surface area contributed by atoms with E-state index in [1.54, 1.807) is 0 Å². The predicted octanol–water partition coefficient (Wildman–Crippen LogP) is 4.26. The van der Waals surface area contributed by atoms with Crippen molar-refractivity contribution < 1.29 is 0 Å². The highest BCUT2D eigenvalue weighted by molar-refractivity contribution is 9.10. The molecule has 0 bridgehead atoms. The molecular weight excluding hydrogens is 326 g/mol. The van der Waals surface area contributed by atoms with E-state index in [1.165, 1.54) is 11.3 Å². The van der Waals surface area contributed by atoms with Crippen molar-refractivity contribution >= 4 is 21.6 Å². The number of rotatable bonds is 4. The second kappa shape index (κ2) is 6.00. The second-order valence-corrected chi connectivity index (χ2v) is 6.15. The molecule has 0 saturated carbocycles. The summed E-state index contributed by atoms with van der Waals surface area (Å²) in [5.41, 5.74) is 4.57. The van der Waals surface area contributed by atoms with Crippen LogP contribution >= 0.6 is 15.9 Å². The molecule has 0 spiro atoms. The number of fused-ring (bicyclic) bond motifs is 1. The van der Waals surface area contributed by atoms with Gasteiger partial charge in [-0.2, -0.15) is 0 Å². The second-order valence-electron chi connectivity index (χ2n) is 5.23. The normalized spacial score (nSPS) is 12.7. The largest absolute Gasteiger partial charge is 0.305 e. The van der Waals surface area contributed by atoms with Gasteiger partial charge in [0.2, 0.25) is 0 Å². The van der Waals surface area contributed by atoms with Crippen molar-refractivity contribution in [3.8, 4) is 0 Å². The minimum atomic E-state index is 0.288. The van der Waals surface area contributed by atoms with Crippen LogP contribution in [-0.4, -0.2) is 9.38 Å². The summed E-state index contributed by atoms with van der Waals surface area (Å²) in [4.78, 5) is 4.59. The van der Waals surface area contributed by atoms with E-state index in [2.05, 4.69) is 68.9 Å². The third-order valence-corrected chi connectivity index (χ3v) is 4.25. The highest BCUT2D eigenvalue weighted by Crippen LogP contribution is 2.19. The number of benzene rings is 1. The summed E-state index contributed by atoms with van der Waals surface area (Å²) in [5.74, 6) is 0. The van der Waals surface area contributed by atoms with Gasteiger partial charge in [-0.3, -0.25) is 0 Å². The number of imidazole rings is 1. The number of nitrogens with zero attached hydrogens (tertiary/aromatic N) is 2. The van der Waals surface area contributed by atoms with Crippen LogP contribution in [0.25, 0.3) is 5.65 Å². The first-order chi connectivity index (χ1) is 10.1. The lowest BCUT2D eigenvalue weighted by atomic mass is 10.1. The Morgan fingerprint density at radius 2 is 2.10 bits per heavy atom. The summed E-state index contributed by atoms with van der Waals surface area (Å²) in [6.45, 7) is 5.04. The van der Waals surface area contributed by atoms with E-state index < -0.39 is 0 Å². The molecule has 4 heteroatoms. The molecule has 0 aliphatic heterocycles. The molecule has 2 aromatic heterocycles. The van der Waals surface area contributed by atoms with Gasteiger partial charge in [-0.1, -0.05) is 34.1 Å². The van der Waals surface area contributed by atoms with E-state index in [0.717, 1.165) is 22.4 Å². The van der Waals surface area contributed by atoms with Crippen LogP contribution in [0.15, 0.2) is 53.1 Å². The van der Waals surface area contributed by atoms with Crippen LogP contribution in [0, 0.1) is 6.92 Å². The molecule has 3 aromatic rings. The van der Waals surface area contributed by atoms with Crippen LogP contribution in [0.1, 0.15) is 29.9 Å². The lowest BCUT2D eigenvalue weighted by Gasteiger charge is -2.15. The van der Waals surface area contributed by atoms with Gasteiger partial charge in [0.05, 0.1) is 11.4 Å². The monoisotopic (exact) mass is 343 g/mol. The summed E-state index contributed by atoms with van der Waals surface area (Å²) >= 11 is 3.52. The molecule has 108 valence electrons. The van der Waals surface area contributed by atoms with Gasteiger partial charge in [-0.25, -0.2) is 4.98 Å². The summed E-state index contributed by atoms with van der Waals surface area (Å²) < 4.78 is 3.26. The summed E-state index contributed by atoms with van der Waals surface area (Å²) in [6, 6.07) is 14.8. The topological polar surface area (TPSA) is 29.3 Å². The fourth-order valence-corrected chi connectivity index (χ4v) is 2.94. The average molecular weight is 344 g/mol. The van der Waals surface area contributed by atoms with Crippen molar-refractivity contribution in [1.82, 2.24) is 14.7 Å². The van der Waals surface area contributed by atoms with Crippen LogP contribution in [0.4, 0.5) is 0 Å². The highest BCUT2D eigenvalue weighted by atomic mass is 79.9. The van der Waals surface area contributed by atoms with Gasteiger partial charge in [0.15, 0.2) is 0 Å². The SMILES string of the molecule is Cc1nc2ccccn2c1CN[C@H](C)c1cccc(Br)c1. The minimum absolute atomic E-state index is 0.288. The molecule has 21 heavy (non-hydrogen) atoms. The van der Waals surface area contributed by atoms with Crippen LogP contribution in [0.2, 0.25) is 0 Å². The lowest BCUT2D eigenvalue weighted by molar-refractivity contribution is 0.564. The summed E-state index contributed by atoms with van der Waals surface area (Å²) in [6.07, 6.45) is 2.07. The quantitative estimate of drug-likeness (QED) is 0.766. The first-order valence-electron chi connectivity index (χ1n) is 7.06. The minimum Gasteiger partial charge on any atom is -0.305 e. The van der Waals surface area contributed by atoms with Crippen molar-refractivity contribution in [1.29, 1.82) is 0 Å². The molecule has 2 heterocycles. The number of nitrogens with one attached hydrogen (secondary N) is 1. The Bertz CT molecular complexity index is 764. The number of aromatic nitrogens is 2. The first-order valence-corrected chi connectivity index (χ1v) is 7.86. The van der Waals surface area contributed by atoms with E-state index in [-0.39, 0.29) is 6.04 Å². The summed E-state index contributed by atoms with van der Waals surface area (Å²) in [7, 11) is 0. The number of pyridine rings is 1. The molecule has 1 aromatic carbocycles. The Labute approximate surface area is 133 Å². The number of halogens is 1. The Balaban J connectivity index is 1.79. The van der Waals surface area contributed by atoms with Gasteiger partial charge in [0.1, 0.15) is 5.65 Å². The van der Waals surface area contributed by atoms with E-state index >= 15 is 0 Å². The first kappa shape index (κ1) is 14.3. The standard InChI is InChI=1S/C17H18BrN3/c1-12(14-6-5-7-15(18)10-14)19-11-16-13(2)20-17-8-3-4-9-21(16)17/h3-10,12,19H,11H2,1-2H3/t12-/m1/s1. The van der Waals surface area contributed by atoms with E-state index in [9.17, 15) is 0 Å². The van der Waals surface area contributed by atoms with Crippen molar-refractivity contribution in [3.05, 3.63) is 70.1 Å². The zero-order valence-electron chi connectivity index (χ0n) is 12.2. The molecule has 3 rings (SSSR count). The molecule has 0 aliphatic rings. The van der Waals surface area contributed by atoms with E-state index in [1.807, 2.05) is 24.3 Å². The zero-order valence-corrected chi connectivity index (χ0v) is 13.8. The van der Waals surface area contributed by atoms with Crippen molar-refractivity contribution in [2.75, 3.05) is 0 Å². The molecule has 3 nitrogen and oxygen atoms in total. The van der Waals surface area contributed by atoms with Crippen molar-refractivity contribution in [2.24, 2.45) is 0 Å². The van der Waals surface area contributed by atoms with Crippen LogP contribution in [-0.2, 0) is 6.54 Å². The van der Waals surface area contributed by atoms with Crippen LogP contribution in [0.5, 0.6) is 0 Å². The fourth-order valence-electron chi connectivity index (χ4n) is 2.52. The molecule has 0 amide bonds. The summed E-state index contributed by atoms with van der Waals surface area (Å²) in [5, 5.41) is 3.58. The Hall–Kier alpha value is -1.65. The molecule has 0 radical (unpaired) electrons. The fraction of sp³-hybridized carbons (Fsp3) is 0.235. The van der Waals surface area contributed by atoms with E-state index in [0.29, 0.717) is 0 Å². The third kappa shape index (κ3) is 3.01. The van der Waals surface area contributed by atoms with Gasteiger partial charge in [-0.15, -0.1) is 0 Å².